The molecule has 9 nitrogen and oxygen atoms in total. The van der Waals surface area contributed by atoms with E-state index in [1.807, 2.05) is 0 Å². The van der Waals surface area contributed by atoms with Crippen LogP contribution >= 0.6 is 0 Å². The van der Waals surface area contributed by atoms with E-state index in [2.05, 4.69) is 46.0 Å². The highest BCUT2D eigenvalue weighted by Crippen LogP contribution is 2.31. The van der Waals surface area contributed by atoms with Gasteiger partial charge in [0.05, 0.1) is 1.37 Å². The fourth-order valence-electron chi connectivity index (χ4n) is 5.88. The quantitative estimate of drug-likeness (QED) is 0.531. The van der Waals surface area contributed by atoms with Crippen LogP contribution in [0.3, 0.4) is 0 Å². The van der Waals surface area contributed by atoms with Gasteiger partial charge >= 0.3 is 0 Å². The first-order valence-corrected chi connectivity index (χ1v) is 14.0. The zero-order chi connectivity index (χ0) is 32.1. The molecule has 1 unspecified atom stereocenters. The molecule has 212 valence electrons. The van der Waals surface area contributed by atoms with Gasteiger partial charge in [0.15, 0.2) is 0 Å². The molecule has 0 spiro atoms. The van der Waals surface area contributed by atoms with Crippen LogP contribution in [0.4, 0.5) is 5.69 Å². The van der Waals surface area contributed by atoms with E-state index in [9.17, 15) is 14.4 Å². The van der Waals surface area contributed by atoms with Gasteiger partial charge in [-0.05, 0) is 74.3 Å². The maximum atomic E-state index is 13.3. The molecule has 0 bridgehead atoms. The predicted molar refractivity (Wildman–Crippen MR) is 152 cm³/mol. The third-order valence-electron chi connectivity index (χ3n) is 8.27. The van der Waals surface area contributed by atoms with Crippen LogP contribution < -0.4 is 15.0 Å². The Morgan fingerprint density at radius 1 is 1.02 bits per heavy atom. The second-order valence-electron chi connectivity index (χ2n) is 11.0. The van der Waals surface area contributed by atoms with Crippen molar-refractivity contribution < 1.29 is 26.0 Å². The lowest BCUT2D eigenvalue weighted by Crippen LogP contribution is -2.52. The number of anilines is 1. The fourth-order valence-corrected chi connectivity index (χ4v) is 5.88. The Hall–Kier alpha value is -3.43. The van der Waals surface area contributed by atoms with Gasteiger partial charge in [-0.3, -0.25) is 24.6 Å². The van der Waals surface area contributed by atoms with Crippen LogP contribution in [0.2, 0.25) is 0 Å². The van der Waals surface area contributed by atoms with Crippen LogP contribution in [0.1, 0.15) is 60.3 Å². The molecule has 1 N–H and O–H groups in total. The van der Waals surface area contributed by atoms with Crippen LogP contribution in [-0.2, 0) is 22.7 Å². The van der Waals surface area contributed by atoms with Crippen LogP contribution in [0, 0.1) is 0 Å². The van der Waals surface area contributed by atoms with Gasteiger partial charge in [0.2, 0.25) is 11.8 Å². The van der Waals surface area contributed by atoms with E-state index in [0.717, 1.165) is 58.5 Å². The number of ether oxygens (including phenoxy) is 1. The van der Waals surface area contributed by atoms with E-state index >= 15 is 0 Å². The zero-order valence-electron chi connectivity index (χ0n) is 27.8. The molecular weight excluding hydrogens is 506 g/mol. The van der Waals surface area contributed by atoms with Gasteiger partial charge in [0, 0.05) is 68.4 Å². The number of piperidine rings is 2. The van der Waals surface area contributed by atoms with E-state index in [1.54, 1.807) is 17.4 Å². The summed E-state index contributed by atoms with van der Waals surface area (Å²) in [7, 11) is 2.15. The van der Waals surface area contributed by atoms with Gasteiger partial charge in [-0.1, -0.05) is 18.6 Å². The Morgan fingerprint density at radius 2 is 1.82 bits per heavy atom. The summed E-state index contributed by atoms with van der Waals surface area (Å²) >= 11 is 0. The Bertz CT molecular complexity index is 1480. The van der Waals surface area contributed by atoms with Crippen molar-refractivity contribution >= 4 is 23.4 Å². The van der Waals surface area contributed by atoms with Crippen molar-refractivity contribution in [2.24, 2.45) is 0 Å². The highest BCUT2D eigenvalue weighted by atomic mass is 16.5. The maximum Gasteiger partial charge on any atom is 0.255 e. The smallest absolute Gasteiger partial charge is 0.255 e. The molecule has 0 radical (unpaired) electrons. The molecule has 4 heterocycles. The summed E-state index contributed by atoms with van der Waals surface area (Å²) in [4.78, 5) is 46.0. The monoisotopic (exact) mass is 550 g/mol. The van der Waals surface area contributed by atoms with Crippen LogP contribution in [0.15, 0.2) is 42.5 Å². The summed E-state index contributed by atoms with van der Waals surface area (Å²) in [5, 5.41) is 1.74. The number of fused-ring (bicyclic) bond motifs is 1. The van der Waals surface area contributed by atoms with Crippen molar-refractivity contribution in [3.05, 3.63) is 59.2 Å². The molecule has 4 aliphatic heterocycles. The average molecular weight is 551 g/mol. The van der Waals surface area contributed by atoms with Crippen LogP contribution in [0.25, 0.3) is 0 Å². The number of carbonyl (C=O) groups excluding carboxylic acids is 3. The van der Waals surface area contributed by atoms with Crippen molar-refractivity contribution in [1.29, 1.82) is 0 Å². The molecule has 2 aromatic carbocycles. The second kappa shape index (κ2) is 11.6. The first-order chi connectivity index (χ1) is 21.3. The normalized spacial score (nSPS) is 30.5. The van der Waals surface area contributed by atoms with E-state index in [0.29, 0.717) is 22.8 Å². The standard InChI is InChI=1S/C31H39N5O4/c1-33-14-16-34(17-15-33)24-7-5-22(6-8-24)19-35-13-3-2-4-25(35)21-40-26-9-10-27-23(18-26)20-36(31(27)39)28-11-12-29(37)32-30(28)38/h5-10,18,25,28H,2-4,11-17,19-21H2,1H3,(H,32,37,38)/t25-,28?/m1/s1/i11D2,12D2,28D. The van der Waals surface area contributed by atoms with Crippen LogP contribution in [0.5, 0.6) is 5.75 Å². The van der Waals surface area contributed by atoms with Gasteiger partial charge in [-0.15, -0.1) is 0 Å². The Labute approximate surface area is 243 Å². The van der Waals surface area contributed by atoms with Crippen LogP contribution in [-0.4, -0.2) is 90.9 Å². The van der Waals surface area contributed by atoms with E-state index in [1.165, 1.54) is 17.3 Å². The number of rotatable bonds is 7. The molecule has 40 heavy (non-hydrogen) atoms. The number of imide groups is 1. The second-order valence-corrected chi connectivity index (χ2v) is 11.0. The number of amides is 3. The minimum Gasteiger partial charge on any atom is -0.492 e. The van der Waals surface area contributed by atoms with Crippen molar-refractivity contribution in [2.45, 2.75) is 57.2 Å². The summed E-state index contributed by atoms with van der Waals surface area (Å²) < 4.78 is 47.4. The number of piperazine rings is 1. The summed E-state index contributed by atoms with van der Waals surface area (Å²) in [6, 6.07) is 10.8. The first kappa shape index (κ1) is 21.3. The molecule has 3 saturated heterocycles. The minimum atomic E-state index is -3.30. The van der Waals surface area contributed by atoms with Gasteiger partial charge in [0.1, 0.15) is 18.4 Å². The number of nitrogens with one attached hydrogen (secondary N) is 1. The summed E-state index contributed by atoms with van der Waals surface area (Å²) in [6.45, 7) is 6.11. The average Bonchev–Trinajstić information content (AvgIpc) is 3.35. The number of likely N-dealkylation sites (N-methyl/N-ethyl adjacent to an activating group) is 1. The third kappa shape index (κ3) is 5.71. The molecule has 2 aromatic rings. The molecule has 0 aromatic heterocycles. The van der Waals surface area contributed by atoms with Crippen molar-refractivity contribution in [3.63, 3.8) is 0 Å². The summed E-state index contributed by atoms with van der Waals surface area (Å²) in [6.07, 6.45) is -3.29. The first-order valence-electron chi connectivity index (χ1n) is 16.5. The lowest BCUT2D eigenvalue weighted by Gasteiger charge is -2.36. The third-order valence-corrected chi connectivity index (χ3v) is 8.27. The SMILES string of the molecule is [2H]C1([2H])C(=O)NC(=O)C([2H])(N2Cc3cc(OC[C@H]4CCCCN4Cc4ccc(N5CCN(C)CC5)cc4)ccc3C2=O)C1([2H])[2H]. The minimum absolute atomic E-state index is 0.175. The zero-order valence-corrected chi connectivity index (χ0v) is 22.8. The summed E-state index contributed by atoms with van der Waals surface area (Å²) in [5.74, 6) is -3.13. The molecule has 3 amide bonds. The predicted octanol–water partition coefficient (Wildman–Crippen LogP) is 2.63. The highest BCUT2D eigenvalue weighted by Gasteiger charge is 2.39. The number of benzene rings is 2. The largest absolute Gasteiger partial charge is 0.492 e. The molecule has 6 rings (SSSR count). The van der Waals surface area contributed by atoms with E-state index < -0.39 is 36.5 Å². The Balaban J connectivity index is 1.11. The lowest BCUT2D eigenvalue weighted by atomic mass is 10.0. The fraction of sp³-hybridized carbons (Fsp3) is 0.516. The van der Waals surface area contributed by atoms with Crippen molar-refractivity contribution in [3.8, 4) is 5.75 Å². The Kier molecular flexibility index (Phi) is 6.18. The maximum absolute atomic E-state index is 13.3. The van der Waals surface area contributed by atoms with E-state index in [-0.39, 0.29) is 18.2 Å². The van der Waals surface area contributed by atoms with E-state index in [4.69, 9.17) is 11.6 Å². The molecule has 3 fully saturated rings. The molecule has 0 saturated carbocycles. The van der Waals surface area contributed by atoms with Crippen molar-refractivity contribution in [1.82, 2.24) is 20.0 Å². The lowest BCUT2D eigenvalue weighted by molar-refractivity contribution is -0.136. The number of hydrogen-bond acceptors (Lipinski definition) is 7. The molecule has 9 heteroatoms. The topological polar surface area (TPSA) is 85.4 Å². The van der Waals surface area contributed by atoms with Gasteiger partial charge in [-0.2, -0.15) is 0 Å². The highest BCUT2D eigenvalue weighted by molar-refractivity contribution is 6.05. The van der Waals surface area contributed by atoms with Gasteiger partial charge in [0.25, 0.3) is 5.91 Å². The molecule has 4 aliphatic rings. The number of hydrogen-bond donors (Lipinski definition) is 1. The molecule has 0 aliphatic carbocycles. The Morgan fingerprint density at radius 3 is 2.62 bits per heavy atom. The number of carbonyl (C=O) groups is 3. The summed E-state index contributed by atoms with van der Waals surface area (Å²) in [5.41, 5.74) is 3.11. The van der Waals surface area contributed by atoms with Crippen molar-refractivity contribution in [2.75, 3.05) is 51.3 Å². The number of nitrogens with zero attached hydrogens (tertiary/aromatic N) is 4. The van der Waals surface area contributed by atoms with Gasteiger partial charge < -0.3 is 19.4 Å². The molecule has 2 atom stereocenters. The van der Waals surface area contributed by atoms with Gasteiger partial charge in [-0.25, -0.2) is 0 Å². The number of likely N-dealkylation sites (tertiary alicyclic amines) is 1. The molecular formula is C31H39N5O4.